The fourth-order valence-corrected chi connectivity index (χ4v) is 2.72. The van der Waals surface area contributed by atoms with E-state index in [0.717, 1.165) is 12.8 Å². The largest absolute Gasteiger partial charge is 0.364 e. The van der Waals surface area contributed by atoms with E-state index in [1.54, 1.807) is 18.9 Å². The van der Waals surface area contributed by atoms with Crippen LogP contribution in [0, 0.1) is 0 Å². The Balaban J connectivity index is 3.15. The lowest BCUT2D eigenvalue weighted by molar-refractivity contribution is -0.136. The fourth-order valence-electron chi connectivity index (χ4n) is 2.39. The zero-order valence-electron chi connectivity index (χ0n) is 11.6. The highest BCUT2D eigenvalue weighted by Gasteiger charge is 2.41. The highest BCUT2D eigenvalue weighted by Crippen LogP contribution is 2.37. The van der Waals surface area contributed by atoms with Crippen LogP contribution >= 0.6 is 11.6 Å². The maximum Gasteiger partial charge on any atom is 0.221 e. The van der Waals surface area contributed by atoms with Crippen molar-refractivity contribution in [1.29, 1.82) is 0 Å². The number of alkyl halides is 1. The van der Waals surface area contributed by atoms with Gasteiger partial charge in [-0.3, -0.25) is 4.79 Å². The first-order chi connectivity index (χ1) is 8.50. The Bertz CT molecular complexity index is 365. The minimum atomic E-state index is -0.537. The molecule has 3 nitrogen and oxygen atoms in total. The Kier molecular flexibility index (Phi) is 5.42. The smallest absolute Gasteiger partial charge is 0.221 e. The van der Waals surface area contributed by atoms with Gasteiger partial charge >= 0.3 is 0 Å². The van der Waals surface area contributed by atoms with E-state index in [2.05, 4.69) is 6.92 Å². The second kappa shape index (κ2) is 6.39. The van der Waals surface area contributed by atoms with Gasteiger partial charge in [0.05, 0.1) is 10.9 Å². The normalized spacial score (nSPS) is 26.9. The topological polar surface area (TPSA) is 29.5 Å². The maximum absolute atomic E-state index is 11.8. The molecule has 0 fully saturated rings. The number of halogens is 1. The fraction of sp³-hybridized carbons (Fsp3) is 0.643. The Hall–Kier alpha value is -0.800. The molecule has 2 atom stereocenters. The van der Waals surface area contributed by atoms with Gasteiger partial charge in [-0.2, -0.15) is 0 Å². The molecular formula is C14H22ClNO2. The maximum atomic E-state index is 11.8. The number of carbonyl (C=O) groups is 1. The molecule has 1 aliphatic carbocycles. The van der Waals surface area contributed by atoms with Crippen molar-refractivity contribution in [3.05, 3.63) is 23.8 Å². The molecule has 1 rings (SSSR count). The summed E-state index contributed by atoms with van der Waals surface area (Å²) in [4.78, 5) is 13.0. The number of hydrogen-bond acceptors (Lipinski definition) is 2. The van der Waals surface area contributed by atoms with E-state index in [9.17, 15) is 4.79 Å². The van der Waals surface area contributed by atoms with Crippen LogP contribution in [0.15, 0.2) is 23.8 Å². The molecule has 18 heavy (non-hydrogen) atoms. The standard InChI is InChI=1S/C14H22ClNO2/c1-5-12-8-7-9-14(15,6-2)13(12)16(10-18-4)11(3)17/h7-9,13H,5-6,10H2,1-4H3. The van der Waals surface area contributed by atoms with E-state index in [-0.39, 0.29) is 18.7 Å². The van der Waals surface area contributed by atoms with Crippen molar-refractivity contribution in [1.82, 2.24) is 4.90 Å². The Morgan fingerprint density at radius 2 is 2.22 bits per heavy atom. The number of amides is 1. The van der Waals surface area contributed by atoms with Crippen LogP contribution in [0.3, 0.4) is 0 Å². The molecule has 0 bridgehead atoms. The predicted molar refractivity (Wildman–Crippen MR) is 74.6 cm³/mol. The summed E-state index contributed by atoms with van der Waals surface area (Å²) in [6.07, 6.45) is 7.64. The number of allylic oxidation sites excluding steroid dienone is 2. The van der Waals surface area contributed by atoms with Crippen molar-refractivity contribution in [2.24, 2.45) is 0 Å². The van der Waals surface area contributed by atoms with Crippen LogP contribution in [0.25, 0.3) is 0 Å². The number of nitrogens with zero attached hydrogens (tertiary/aromatic N) is 1. The minimum absolute atomic E-state index is 0.0185. The van der Waals surface area contributed by atoms with Gasteiger partial charge in [0.25, 0.3) is 0 Å². The van der Waals surface area contributed by atoms with Gasteiger partial charge in [-0.15, -0.1) is 11.6 Å². The number of methoxy groups -OCH3 is 1. The summed E-state index contributed by atoms with van der Waals surface area (Å²) < 4.78 is 5.14. The third kappa shape index (κ3) is 2.96. The van der Waals surface area contributed by atoms with Gasteiger partial charge in [-0.25, -0.2) is 0 Å². The third-order valence-corrected chi connectivity index (χ3v) is 4.02. The average molecular weight is 272 g/mol. The first-order valence-electron chi connectivity index (χ1n) is 6.33. The van der Waals surface area contributed by atoms with Crippen LogP contribution < -0.4 is 0 Å². The van der Waals surface area contributed by atoms with Crippen LogP contribution in [0.1, 0.15) is 33.6 Å². The molecule has 1 aliphatic rings. The second-order valence-electron chi connectivity index (χ2n) is 4.54. The highest BCUT2D eigenvalue weighted by atomic mass is 35.5. The van der Waals surface area contributed by atoms with Crippen molar-refractivity contribution < 1.29 is 9.53 Å². The lowest BCUT2D eigenvalue weighted by Crippen LogP contribution is -2.52. The number of carbonyl (C=O) groups excluding carboxylic acids is 1. The highest BCUT2D eigenvalue weighted by molar-refractivity contribution is 6.26. The molecule has 0 aliphatic heterocycles. The molecule has 0 radical (unpaired) electrons. The molecule has 0 saturated carbocycles. The van der Waals surface area contributed by atoms with E-state index in [4.69, 9.17) is 16.3 Å². The molecule has 102 valence electrons. The quantitative estimate of drug-likeness (QED) is 0.568. The van der Waals surface area contributed by atoms with Crippen LogP contribution in [0.4, 0.5) is 0 Å². The minimum Gasteiger partial charge on any atom is -0.364 e. The van der Waals surface area contributed by atoms with Gasteiger partial charge in [0.15, 0.2) is 0 Å². The summed E-state index contributed by atoms with van der Waals surface area (Å²) in [5, 5.41) is 0. The molecule has 4 heteroatoms. The second-order valence-corrected chi connectivity index (χ2v) is 5.25. The molecule has 0 aromatic heterocycles. The Morgan fingerprint density at radius 1 is 1.56 bits per heavy atom. The van der Waals surface area contributed by atoms with Crippen LogP contribution in [-0.4, -0.2) is 35.6 Å². The van der Waals surface area contributed by atoms with Crippen molar-refractivity contribution >= 4 is 17.5 Å². The first kappa shape index (κ1) is 15.3. The third-order valence-electron chi connectivity index (χ3n) is 3.42. The Morgan fingerprint density at radius 3 is 2.67 bits per heavy atom. The molecule has 0 spiro atoms. The van der Waals surface area contributed by atoms with E-state index in [0.29, 0.717) is 0 Å². The SMILES string of the molecule is CCC1=CC=CC(Cl)(CC)C1N(COC)C(C)=O. The molecule has 0 aromatic carbocycles. The van der Waals surface area contributed by atoms with Gasteiger partial charge in [-0.1, -0.05) is 32.1 Å². The van der Waals surface area contributed by atoms with E-state index in [1.165, 1.54) is 5.57 Å². The summed E-state index contributed by atoms with van der Waals surface area (Å²) in [6.45, 7) is 5.93. The van der Waals surface area contributed by atoms with Crippen LogP contribution in [0.2, 0.25) is 0 Å². The lowest BCUT2D eigenvalue weighted by atomic mass is 9.83. The molecule has 0 heterocycles. The van der Waals surface area contributed by atoms with E-state index in [1.807, 2.05) is 25.2 Å². The molecule has 2 unspecified atom stereocenters. The van der Waals surface area contributed by atoms with Crippen molar-refractivity contribution in [2.75, 3.05) is 13.8 Å². The molecular weight excluding hydrogens is 250 g/mol. The van der Waals surface area contributed by atoms with Crippen LogP contribution in [-0.2, 0) is 9.53 Å². The zero-order chi connectivity index (χ0) is 13.8. The summed E-state index contributed by atoms with van der Waals surface area (Å²) in [5.41, 5.74) is 1.17. The average Bonchev–Trinajstić information content (AvgIpc) is 2.36. The molecule has 0 N–H and O–H groups in total. The molecule has 0 saturated heterocycles. The van der Waals surface area contributed by atoms with Gasteiger partial charge in [0, 0.05) is 14.0 Å². The zero-order valence-corrected chi connectivity index (χ0v) is 12.3. The summed E-state index contributed by atoms with van der Waals surface area (Å²) in [5.74, 6) is -0.0185. The molecule has 1 amide bonds. The lowest BCUT2D eigenvalue weighted by Gasteiger charge is -2.42. The number of hydrogen-bond donors (Lipinski definition) is 0. The van der Waals surface area contributed by atoms with Crippen LogP contribution in [0.5, 0.6) is 0 Å². The van der Waals surface area contributed by atoms with Gasteiger partial charge in [-0.05, 0) is 18.4 Å². The van der Waals surface area contributed by atoms with Gasteiger partial charge < -0.3 is 9.64 Å². The summed E-state index contributed by atoms with van der Waals surface area (Å²) >= 11 is 6.70. The van der Waals surface area contributed by atoms with E-state index >= 15 is 0 Å². The number of rotatable bonds is 5. The Labute approximate surface area is 114 Å². The van der Waals surface area contributed by atoms with Crippen molar-refractivity contribution in [3.8, 4) is 0 Å². The summed E-state index contributed by atoms with van der Waals surface area (Å²) in [6, 6.07) is -0.128. The first-order valence-corrected chi connectivity index (χ1v) is 6.71. The van der Waals surface area contributed by atoms with Gasteiger partial charge in [0.2, 0.25) is 5.91 Å². The summed E-state index contributed by atoms with van der Waals surface area (Å²) in [7, 11) is 1.59. The predicted octanol–water partition coefficient (Wildman–Crippen LogP) is 3.10. The van der Waals surface area contributed by atoms with Crippen molar-refractivity contribution in [2.45, 2.75) is 44.5 Å². The number of ether oxygens (including phenoxy) is 1. The monoisotopic (exact) mass is 271 g/mol. The van der Waals surface area contributed by atoms with Crippen molar-refractivity contribution in [3.63, 3.8) is 0 Å². The van der Waals surface area contributed by atoms with E-state index < -0.39 is 4.87 Å². The molecule has 0 aromatic rings. The van der Waals surface area contributed by atoms with Gasteiger partial charge in [0.1, 0.15) is 6.73 Å².